The average molecular weight is 372 g/mol. The lowest BCUT2D eigenvalue weighted by molar-refractivity contribution is -0.136. The molecule has 0 spiro atoms. The fraction of sp³-hybridized carbons (Fsp3) is 0.444. The van der Waals surface area contributed by atoms with Gasteiger partial charge in [-0.15, -0.1) is 0 Å². The molecule has 0 aliphatic carbocycles. The predicted octanol–water partition coefficient (Wildman–Crippen LogP) is -1.49. The summed E-state index contributed by atoms with van der Waals surface area (Å²) in [6.07, 6.45) is 0.217. The van der Waals surface area contributed by atoms with Crippen molar-refractivity contribution in [2.24, 2.45) is 0 Å². The van der Waals surface area contributed by atoms with Gasteiger partial charge in [0.25, 0.3) is 11.8 Å². The zero-order valence-corrected chi connectivity index (χ0v) is 14.6. The Morgan fingerprint density at radius 1 is 1.19 bits per heavy atom. The number of piperidine rings is 1. The Balaban J connectivity index is 1.54. The summed E-state index contributed by atoms with van der Waals surface area (Å²) in [4.78, 5) is 50.1. The minimum Gasteiger partial charge on any atom is -0.386 e. The number of hydrogen-bond acceptors (Lipinski definition) is 7. The number of aliphatic hydroxyl groups is 1. The Morgan fingerprint density at radius 3 is 2.63 bits per heavy atom. The van der Waals surface area contributed by atoms with Gasteiger partial charge in [-0.1, -0.05) is 12.1 Å². The third-order valence-electron chi connectivity index (χ3n) is 5.23. The van der Waals surface area contributed by atoms with Crippen LogP contribution >= 0.6 is 0 Å². The Morgan fingerprint density at radius 2 is 1.96 bits per heavy atom. The maximum atomic E-state index is 12.9. The van der Waals surface area contributed by atoms with Crippen molar-refractivity contribution in [3.05, 3.63) is 34.9 Å². The molecular formula is C18H20N4O5. The number of β-amino-alcohol motifs (C(OH)–C–C–N with tert-alkyl or cyclic N) is 1. The molecule has 4 N–H and O–H groups in total. The van der Waals surface area contributed by atoms with Gasteiger partial charge in [0, 0.05) is 32.6 Å². The number of carbonyl (C=O) groups is 4. The van der Waals surface area contributed by atoms with E-state index in [4.69, 9.17) is 0 Å². The quantitative estimate of drug-likeness (QED) is 0.464. The summed E-state index contributed by atoms with van der Waals surface area (Å²) in [5.41, 5.74) is 0.374. The van der Waals surface area contributed by atoms with Crippen molar-refractivity contribution >= 4 is 23.6 Å². The smallest absolute Gasteiger partial charge is 0.262 e. The lowest BCUT2D eigenvalue weighted by atomic mass is 9.97. The van der Waals surface area contributed by atoms with Gasteiger partial charge in [0.2, 0.25) is 11.8 Å². The zero-order valence-electron chi connectivity index (χ0n) is 14.6. The number of rotatable bonds is 5. The second-order valence-corrected chi connectivity index (χ2v) is 7.22. The Hall–Kier alpha value is -2.62. The van der Waals surface area contributed by atoms with E-state index < -0.39 is 35.3 Å². The molecule has 9 nitrogen and oxygen atoms in total. The molecule has 142 valence electrons. The lowest BCUT2D eigenvalue weighted by Gasteiger charge is -2.37. The molecule has 2 saturated heterocycles. The standard InChI is InChI=1S/C18H20N4O5/c23-13-5-4-12(15(24)21-13)22-16(25)11-3-1-2-10(14(11)17(22)26)6-19-7-18(27)8-20-9-18/h1-3,12,19-20,27H,4-9H2,(H,21,23,24). The summed E-state index contributed by atoms with van der Waals surface area (Å²) < 4.78 is 0. The molecule has 1 atom stereocenters. The van der Waals surface area contributed by atoms with Gasteiger partial charge in [-0.25, -0.2) is 0 Å². The molecule has 3 aliphatic rings. The van der Waals surface area contributed by atoms with E-state index in [1.54, 1.807) is 18.2 Å². The van der Waals surface area contributed by atoms with E-state index in [1.807, 2.05) is 0 Å². The number of carbonyl (C=O) groups excluding carboxylic acids is 4. The molecule has 0 saturated carbocycles. The number of hydrogen-bond donors (Lipinski definition) is 4. The molecule has 1 unspecified atom stereocenters. The predicted molar refractivity (Wildman–Crippen MR) is 92.6 cm³/mol. The van der Waals surface area contributed by atoms with Crippen LogP contribution in [0.2, 0.25) is 0 Å². The summed E-state index contributed by atoms with van der Waals surface area (Å²) >= 11 is 0. The average Bonchev–Trinajstić information content (AvgIpc) is 2.86. The molecule has 4 rings (SSSR count). The topological polar surface area (TPSA) is 128 Å². The molecule has 2 fully saturated rings. The number of benzene rings is 1. The van der Waals surface area contributed by atoms with Gasteiger partial charge in [-0.3, -0.25) is 29.4 Å². The highest BCUT2D eigenvalue weighted by atomic mass is 16.3. The van der Waals surface area contributed by atoms with E-state index in [9.17, 15) is 24.3 Å². The Labute approximate surface area is 155 Å². The normalized spacial score (nSPS) is 23.9. The largest absolute Gasteiger partial charge is 0.386 e. The van der Waals surface area contributed by atoms with E-state index in [-0.39, 0.29) is 24.0 Å². The first-order valence-corrected chi connectivity index (χ1v) is 8.87. The molecule has 0 bridgehead atoms. The van der Waals surface area contributed by atoms with E-state index in [0.717, 1.165) is 4.90 Å². The Bertz CT molecular complexity index is 848. The molecule has 1 aromatic carbocycles. The van der Waals surface area contributed by atoms with Crippen LogP contribution in [0.4, 0.5) is 0 Å². The molecule has 9 heteroatoms. The monoisotopic (exact) mass is 372 g/mol. The summed E-state index contributed by atoms with van der Waals surface area (Å²) in [6.45, 7) is 1.69. The molecule has 3 aliphatic heterocycles. The van der Waals surface area contributed by atoms with Crippen molar-refractivity contribution < 1.29 is 24.3 Å². The van der Waals surface area contributed by atoms with Crippen molar-refractivity contribution in [3.63, 3.8) is 0 Å². The van der Waals surface area contributed by atoms with E-state index in [1.165, 1.54) is 0 Å². The highest BCUT2D eigenvalue weighted by Gasteiger charge is 2.45. The minimum absolute atomic E-state index is 0.0881. The van der Waals surface area contributed by atoms with Crippen LogP contribution in [-0.2, 0) is 16.1 Å². The molecular weight excluding hydrogens is 352 g/mol. The minimum atomic E-state index is -0.974. The number of nitrogens with one attached hydrogen (secondary N) is 3. The van der Waals surface area contributed by atoms with Crippen LogP contribution < -0.4 is 16.0 Å². The summed E-state index contributed by atoms with van der Waals surface area (Å²) in [7, 11) is 0. The second kappa shape index (κ2) is 6.52. The van der Waals surface area contributed by atoms with Crippen LogP contribution in [0.1, 0.15) is 39.1 Å². The molecule has 3 heterocycles. The van der Waals surface area contributed by atoms with Crippen molar-refractivity contribution in [2.45, 2.75) is 31.0 Å². The van der Waals surface area contributed by atoms with Crippen LogP contribution in [0.3, 0.4) is 0 Å². The third kappa shape index (κ3) is 3.03. The second-order valence-electron chi connectivity index (χ2n) is 7.22. The molecule has 0 radical (unpaired) electrons. The van der Waals surface area contributed by atoms with Crippen LogP contribution in [0.15, 0.2) is 18.2 Å². The highest BCUT2D eigenvalue weighted by Crippen LogP contribution is 2.30. The van der Waals surface area contributed by atoms with E-state index in [2.05, 4.69) is 16.0 Å². The maximum Gasteiger partial charge on any atom is 0.262 e. The molecule has 4 amide bonds. The number of nitrogens with zero attached hydrogens (tertiary/aromatic N) is 1. The van der Waals surface area contributed by atoms with Crippen LogP contribution in [-0.4, -0.2) is 64.9 Å². The molecule has 0 aromatic heterocycles. The molecule has 27 heavy (non-hydrogen) atoms. The highest BCUT2D eigenvalue weighted by molar-refractivity contribution is 6.24. The van der Waals surface area contributed by atoms with Gasteiger partial charge in [-0.05, 0) is 18.1 Å². The SMILES string of the molecule is O=C1CCC(N2C(=O)c3cccc(CNCC4(O)CNC4)c3C2=O)C(=O)N1. The first-order valence-electron chi connectivity index (χ1n) is 8.87. The molecule has 1 aromatic rings. The number of imide groups is 2. The first kappa shape index (κ1) is 17.8. The number of amides is 4. The number of fused-ring (bicyclic) bond motifs is 1. The maximum absolute atomic E-state index is 12.9. The fourth-order valence-electron chi connectivity index (χ4n) is 3.70. The zero-order chi connectivity index (χ0) is 19.2. The van der Waals surface area contributed by atoms with Crippen molar-refractivity contribution in [2.75, 3.05) is 19.6 Å². The van der Waals surface area contributed by atoms with Gasteiger partial charge in [-0.2, -0.15) is 0 Å². The van der Waals surface area contributed by atoms with Crippen LogP contribution in [0, 0.1) is 0 Å². The summed E-state index contributed by atoms with van der Waals surface area (Å²) in [6, 6.07) is 4.02. The van der Waals surface area contributed by atoms with Gasteiger partial charge in [0.05, 0.1) is 11.1 Å². The van der Waals surface area contributed by atoms with Gasteiger partial charge < -0.3 is 15.7 Å². The van der Waals surface area contributed by atoms with Crippen molar-refractivity contribution in [3.8, 4) is 0 Å². The third-order valence-corrected chi connectivity index (χ3v) is 5.23. The Kier molecular flexibility index (Phi) is 4.29. The fourth-order valence-corrected chi connectivity index (χ4v) is 3.70. The van der Waals surface area contributed by atoms with Crippen molar-refractivity contribution in [1.29, 1.82) is 0 Å². The van der Waals surface area contributed by atoms with Gasteiger partial charge in [0.1, 0.15) is 11.6 Å². The van der Waals surface area contributed by atoms with Gasteiger partial charge in [0.15, 0.2) is 0 Å². The first-order chi connectivity index (χ1) is 12.9. The van der Waals surface area contributed by atoms with Crippen LogP contribution in [0.25, 0.3) is 0 Å². The summed E-state index contributed by atoms with van der Waals surface area (Å²) in [5.74, 6) is -2.07. The van der Waals surface area contributed by atoms with E-state index >= 15 is 0 Å². The summed E-state index contributed by atoms with van der Waals surface area (Å²) in [5, 5.41) is 18.4. The lowest BCUT2D eigenvalue weighted by Crippen LogP contribution is -2.64. The van der Waals surface area contributed by atoms with Crippen molar-refractivity contribution in [1.82, 2.24) is 20.9 Å². The van der Waals surface area contributed by atoms with Gasteiger partial charge >= 0.3 is 0 Å². The van der Waals surface area contributed by atoms with E-state index in [0.29, 0.717) is 31.7 Å². The van der Waals surface area contributed by atoms with Crippen LogP contribution in [0.5, 0.6) is 0 Å².